The van der Waals surface area contributed by atoms with Crippen LogP contribution >= 0.6 is 0 Å². The Kier molecular flexibility index (Phi) is 5.87. The van der Waals surface area contributed by atoms with E-state index in [0.29, 0.717) is 12.4 Å². The minimum Gasteiger partial charge on any atom is -0.482 e. The lowest BCUT2D eigenvalue weighted by molar-refractivity contribution is -0.145. The molecule has 4 N–H and O–H groups in total. The molecular formula is C12H16N4O3. The molecule has 0 bridgehead atoms. The summed E-state index contributed by atoms with van der Waals surface area (Å²) in [6.45, 7) is 1.92. The van der Waals surface area contributed by atoms with E-state index in [1.807, 2.05) is 0 Å². The van der Waals surface area contributed by atoms with Gasteiger partial charge in [-0.2, -0.15) is 5.10 Å². The number of nitrogens with zero attached hydrogens (tertiary/aromatic N) is 2. The maximum atomic E-state index is 11.1. The van der Waals surface area contributed by atoms with Crippen LogP contribution in [0, 0.1) is 0 Å². The van der Waals surface area contributed by atoms with Crippen molar-refractivity contribution in [2.75, 3.05) is 13.2 Å². The van der Waals surface area contributed by atoms with Gasteiger partial charge in [0.05, 0.1) is 12.8 Å². The number of ether oxygens (including phenoxy) is 2. The Balaban J connectivity index is 2.59. The van der Waals surface area contributed by atoms with E-state index < -0.39 is 5.97 Å². The van der Waals surface area contributed by atoms with Crippen LogP contribution in [0.1, 0.15) is 12.5 Å². The van der Waals surface area contributed by atoms with E-state index in [4.69, 9.17) is 20.9 Å². The second-order valence-electron chi connectivity index (χ2n) is 3.44. The van der Waals surface area contributed by atoms with Gasteiger partial charge < -0.3 is 20.9 Å². The molecule has 0 heterocycles. The van der Waals surface area contributed by atoms with Gasteiger partial charge in [-0.25, -0.2) is 4.79 Å². The maximum Gasteiger partial charge on any atom is 0.344 e. The van der Waals surface area contributed by atoms with Gasteiger partial charge in [0.15, 0.2) is 6.61 Å². The van der Waals surface area contributed by atoms with Crippen LogP contribution in [0.5, 0.6) is 5.75 Å². The van der Waals surface area contributed by atoms with E-state index in [1.54, 1.807) is 31.2 Å². The summed E-state index contributed by atoms with van der Waals surface area (Å²) in [4.78, 5) is 11.1. The standard InChI is InChI=1S/C12H16N4O3/c1-2-18-11(17)8-19-10-5-3-4-9(6-10)7-15-16-12(13)14/h3-7H,2,8H2,1H3,(H4,13,14,16). The molecule has 0 aliphatic heterocycles. The van der Waals surface area contributed by atoms with Crippen LogP contribution in [-0.4, -0.2) is 31.4 Å². The van der Waals surface area contributed by atoms with Gasteiger partial charge in [0.2, 0.25) is 5.96 Å². The molecule has 102 valence electrons. The highest BCUT2D eigenvalue weighted by atomic mass is 16.6. The highest BCUT2D eigenvalue weighted by Crippen LogP contribution is 2.12. The molecule has 0 spiro atoms. The lowest BCUT2D eigenvalue weighted by atomic mass is 10.2. The molecule has 0 saturated heterocycles. The Hall–Kier alpha value is -2.57. The minimum absolute atomic E-state index is 0.119. The molecule has 0 amide bonds. The number of guanidine groups is 1. The number of hydrogen-bond donors (Lipinski definition) is 2. The fourth-order valence-electron chi connectivity index (χ4n) is 1.19. The molecule has 1 aromatic rings. The van der Waals surface area contributed by atoms with E-state index in [0.717, 1.165) is 5.56 Å². The Morgan fingerprint density at radius 1 is 1.42 bits per heavy atom. The lowest BCUT2D eigenvalue weighted by Crippen LogP contribution is -2.21. The Bertz CT molecular complexity index is 482. The van der Waals surface area contributed by atoms with Crippen molar-refractivity contribution in [2.45, 2.75) is 6.92 Å². The van der Waals surface area contributed by atoms with Gasteiger partial charge in [-0.3, -0.25) is 0 Å². The predicted octanol–water partition coefficient (Wildman–Crippen LogP) is 0.236. The van der Waals surface area contributed by atoms with Crippen molar-refractivity contribution in [1.82, 2.24) is 0 Å². The fraction of sp³-hybridized carbons (Fsp3) is 0.250. The van der Waals surface area contributed by atoms with Gasteiger partial charge in [-0.1, -0.05) is 12.1 Å². The summed E-state index contributed by atoms with van der Waals surface area (Å²) in [7, 11) is 0. The zero-order valence-corrected chi connectivity index (χ0v) is 10.6. The van der Waals surface area contributed by atoms with E-state index in [1.165, 1.54) is 6.21 Å². The molecule has 0 saturated carbocycles. The molecular weight excluding hydrogens is 248 g/mol. The third kappa shape index (κ3) is 6.06. The summed E-state index contributed by atoms with van der Waals surface area (Å²) < 4.78 is 10.0. The highest BCUT2D eigenvalue weighted by molar-refractivity contribution is 5.82. The number of esters is 1. The van der Waals surface area contributed by atoms with Crippen LogP contribution < -0.4 is 16.2 Å². The quantitative estimate of drug-likeness (QED) is 0.330. The largest absolute Gasteiger partial charge is 0.482 e. The van der Waals surface area contributed by atoms with E-state index in [2.05, 4.69) is 10.2 Å². The molecule has 7 heteroatoms. The SMILES string of the molecule is CCOC(=O)COc1cccc(C=NN=C(N)N)c1. The highest BCUT2D eigenvalue weighted by Gasteiger charge is 2.02. The number of benzene rings is 1. The molecule has 19 heavy (non-hydrogen) atoms. The van der Waals surface area contributed by atoms with Gasteiger partial charge in [-0.15, -0.1) is 5.10 Å². The number of carbonyl (C=O) groups excluding carboxylic acids is 1. The number of rotatable bonds is 6. The number of nitrogens with two attached hydrogens (primary N) is 2. The molecule has 0 fully saturated rings. The van der Waals surface area contributed by atoms with Crippen molar-refractivity contribution in [2.24, 2.45) is 21.7 Å². The van der Waals surface area contributed by atoms with Gasteiger partial charge in [0.25, 0.3) is 0 Å². The van der Waals surface area contributed by atoms with Gasteiger partial charge in [0, 0.05) is 0 Å². The average molecular weight is 264 g/mol. The van der Waals surface area contributed by atoms with Gasteiger partial charge in [-0.05, 0) is 24.6 Å². The Morgan fingerprint density at radius 2 is 2.21 bits per heavy atom. The smallest absolute Gasteiger partial charge is 0.344 e. The third-order valence-electron chi connectivity index (χ3n) is 1.90. The summed E-state index contributed by atoms with van der Waals surface area (Å²) in [6.07, 6.45) is 1.47. The van der Waals surface area contributed by atoms with Crippen molar-refractivity contribution in [3.05, 3.63) is 29.8 Å². The van der Waals surface area contributed by atoms with Crippen molar-refractivity contribution in [1.29, 1.82) is 0 Å². The van der Waals surface area contributed by atoms with Crippen LogP contribution in [0.2, 0.25) is 0 Å². The Labute approximate surface area is 110 Å². The van der Waals surface area contributed by atoms with Gasteiger partial charge >= 0.3 is 5.97 Å². The third-order valence-corrected chi connectivity index (χ3v) is 1.90. The zero-order valence-electron chi connectivity index (χ0n) is 10.6. The van der Waals surface area contributed by atoms with Crippen molar-refractivity contribution < 1.29 is 14.3 Å². The summed E-state index contributed by atoms with van der Waals surface area (Å²) in [5.74, 6) is -0.00487. The minimum atomic E-state index is -0.415. The molecule has 0 aliphatic carbocycles. The molecule has 1 aromatic carbocycles. The molecule has 0 atom stereocenters. The van der Waals surface area contributed by atoms with Crippen molar-refractivity contribution in [3.63, 3.8) is 0 Å². The Morgan fingerprint density at radius 3 is 2.89 bits per heavy atom. The molecule has 1 rings (SSSR count). The first kappa shape index (κ1) is 14.5. The van der Waals surface area contributed by atoms with Gasteiger partial charge in [0.1, 0.15) is 5.75 Å². The summed E-state index contributed by atoms with van der Waals surface area (Å²) >= 11 is 0. The maximum absolute atomic E-state index is 11.1. The second kappa shape index (κ2) is 7.70. The molecule has 0 aliphatic rings. The molecule has 0 unspecified atom stereocenters. The molecule has 0 radical (unpaired) electrons. The summed E-state index contributed by atoms with van der Waals surface area (Å²) in [6, 6.07) is 6.97. The summed E-state index contributed by atoms with van der Waals surface area (Å²) in [5, 5.41) is 7.15. The molecule has 7 nitrogen and oxygen atoms in total. The van der Waals surface area contributed by atoms with Crippen molar-refractivity contribution in [3.8, 4) is 5.75 Å². The predicted molar refractivity (Wildman–Crippen MR) is 72.0 cm³/mol. The zero-order chi connectivity index (χ0) is 14.1. The first-order valence-electron chi connectivity index (χ1n) is 5.62. The van der Waals surface area contributed by atoms with E-state index in [-0.39, 0.29) is 12.6 Å². The van der Waals surface area contributed by atoms with Crippen LogP contribution in [0.25, 0.3) is 0 Å². The number of hydrogen-bond acceptors (Lipinski definition) is 5. The normalized spacial score (nSPS) is 10.2. The second-order valence-corrected chi connectivity index (χ2v) is 3.44. The van der Waals surface area contributed by atoms with E-state index in [9.17, 15) is 4.79 Å². The van der Waals surface area contributed by atoms with Crippen LogP contribution in [-0.2, 0) is 9.53 Å². The van der Waals surface area contributed by atoms with Crippen LogP contribution in [0.15, 0.2) is 34.5 Å². The molecule has 0 aromatic heterocycles. The lowest BCUT2D eigenvalue weighted by Gasteiger charge is -2.05. The average Bonchev–Trinajstić information content (AvgIpc) is 2.37. The summed E-state index contributed by atoms with van der Waals surface area (Å²) in [5.41, 5.74) is 11.0. The van der Waals surface area contributed by atoms with Crippen LogP contribution in [0.4, 0.5) is 0 Å². The first-order valence-corrected chi connectivity index (χ1v) is 5.62. The topological polar surface area (TPSA) is 112 Å². The van der Waals surface area contributed by atoms with E-state index >= 15 is 0 Å². The fourth-order valence-corrected chi connectivity index (χ4v) is 1.19. The monoisotopic (exact) mass is 264 g/mol. The van der Waals surface area contributed by atoms with Crippen molar-refractivity contribution >= 4 is 18.1 Å². The van der Waals surface area contributed by atoms with Crippen LogP contribution in [0.3, 0.4) is 0 Å². The first-order chi connectivity index (χ1) is 9.11. The number of carbonyl (C=O) groups is 1.